The SMILES string of the molecule is CCN=C(NC1CCN(C(=O)C(C)C)C1)NC1CC1c1ccc(Br)cc1.I. The Bertz CT molecular complexity index is 664. The van der Waals surface area contributed by atoms with Gasteiger partial charge in [-0.3, -0.25) is 9.79 Å². The van der Waals surface area contributed by atoms with Crippen LogP contribution in [0.2, 0.25) is 0 Å². The summed E-state index contributed by atoms with van der Waals surface area (Å²) in [5.41, 5.74) is 1.37. The van der Waals surface area contributed by atoms with E-state index < -0.39 is 0 Å². The monoisotopic (exact) mass is 548 g/mol. The Morgan fingerprint density at radius 2 is 2.00 bits per heavy atom. The maximum absolute atomic E-state index is 12.2. The van der Waals surface area contributed by atoms with E-state index in [1.54, 1.807) is 0 Å². The van der Waals surface area contributed by atoms with Crippen molar-refractivity contribution in [2.75, 3.05) is 19.6 Å². The lowest BCUT2D eigenvalue weighted by Gasteiger charge is -2.20. The third kappa shape index (κ3) is 6.07. The average Bonchev–Trinajstić information content (AvgIpc) is 3.21. The van der Waals surface area contributed by atoms with Crippen molar-refractivity contribution < 1.29 is 4.79 Å². The molecule has 27 heavy (non-hydrogen) atoms. The Labute approximate surface area is 187 Å². The summed E-state index contributed by atoms with van der Waals surface area (Å²) in [6, 6.07) is 9.29. The van der Waals surface area contributed by atoms with Crippen LogP contribution in [0.3, 0.4) is 0 Å². The van der Waals surface area contributed by atoms with Gasteiger partial charge >= 0.3 is 0 Å². The van der Waals surface area contributed by atoms with Gasteiger partial charge in [-0.05, 0) is 37.5 Å². The molecule has 3 atom stereocenters. The van der Waals surface area contributed by atoms with E-state index in [9.17, 15) is 4.79 Å². The number of carbonyl (C=O) groups is 1. The van der Waals surface area contributed by atoms with E-state index in [0.29, 0.717) is 12.0 Å². The minimum atomic E-state index is 0. The second-order valence-electron chi connectivity index (χ2n) is 7.54. The molecule has 7 heteroatoms. The predicted molar refractivity (Wildman–Crippen MR) is 125 cm³/mol. The van der Waals surface area contributed by atoms with Gasteiger partial charge in [-0.2, -0.15) is 0 Å². The van der Waals surface area contributed by atoms with Crippen molar-refractivity contribution in [3.63, 3.8) is 0 Å². The number of hydrogen-bond acceptors (Lipinski definition) is 2. The third-order valence-corrected chi connectivity index (χ3v) is 5.59. The van der Waals surface area contributed by atoms with E-state index in [-0.39, 0.29) is 41.8 Å². The second-order valence-corrected chi connectivity index (χ2v) is 8.45. The van der Waals surface area contributed by atoms with E-state index in [1.165, 1.54) is 5.56 Å². The third-order valence-electron chi connectivity index (χ3n) is 5.06. The van der Waals surface area contributed by atoms with Crippen molar-refractivity contribution in [3.05, 3.63) is 34.3 Å². The van der Waals surface area contributed by atoms with Crippen molar-refractivity contribution in [1.82, 2.24) is 15.5 Å². The summed E-state index contributed by atoms with van der Waals surface area (Å²) in [7, 11) is 0. The quantitative estimate of drug-likeness (QED) is 0.335. The van der Waals surface area contributed by atoms with Crippen LogP contribution in [-0.4, -0.2) is 48.5 Å². The van der Waals surface area contributed by atoms with Gasteiger partial charge in [0, 0.05) is 48.0 Å². The van der Waals surface area contributed by atoms with E-state index in [4.69, 9.17) is 0 Å². The molecule has 1 aromatic rings. The zero-order chi connectivity index (χ0) is 18.7. The van der Waals surface area contributed by atoms with Crippen LogP contribution >= 0.6 is 39.9 Å². The van der Waals surface area contributed by atoms with Crippen LogP contribution in [0, 0.1) is 5.92 Å². The van der Waals surface area contributed by atoms with E-state index in [1.807, 2.05) is 25.7 Å². The second kappa shape index (κ2) is 10.1. The van der Waals surface area contributed by atoms with Crippen LogP contribution in [0.15, 0.2) is 33.7 Å². The Balaban J connectivity index is 0.00000261. The summed E-state index contributed by atoms with van der Waals surface area (Å²) in [5.74, 6) is 1.73. The number of nitrogens with one attached hydrogen (secondary N) is 2. The van der Waals surface area contributed by atoms with Crippen LogP contribution < -0.4 is 10.6 Å². The molecule has 3 rings (SSSR count). The maximum atomic E-state index is 12.2. The summed E-state index contributed by atoms with van der Waals surface area (Å²) < 4.78 is 1.11. The van der Waals surface area contributed by atoms with Crippen molar-refractivity contribution in [3.8, 4) is 0 Å². The van der Waals surface area contributed by atoms with Crippen LogP contribution in [0.4, 0.5) is 0 Å². The number of benzene rings is 1. The first kappa shape index (κ1) is 22.5. The van der Waals surface area contributed by atoms with Gasteiger partial charge in [0.1, 0.15) is 0 Å². The zero-order valence-corrected chi connectivity index (χ0v) is 20.2. The minimum absolute atomic E-state index is 0. The number of amides is 1. The van der Waals surface area contributed by atoms with Gasteiger partial charge in [0.2, 0.25) is 5.91 Å². The number of carbonyl (C=O) groups excluding carboxylic acids is 1. The molecule has 1 heterocycles. The highest BCUT2D eigenvalue weighted by atomic mass is 127. The summed E-state index contributed by atoms with van der Waals surface area (Å²) in [5, 5.41) is 7.10. The highest BCUT2D eigenvalue weighted by Gasteiger charge is 2.39. The van der Waals surface area contributed by atoms with Gasteiger partial charge in [0.05, 0.1) is 0 Å². The first-order chi connectivity index (χ1) is 12.5. The van der Waals surface area contributed by atoms with Gasteiger partial charge < -0.3 is 15.5 Å². The molecule has 0 radical (unpaired) electrons. The molecule has 1 aliphatic carbocycles. The first-order valence-electron chi connectivity index (χ1n) is 9.59. The van der Waals surface area contributed by atoms with Gasteiger partial charge in [0.25, 0.3) is 0 Å². The van der Waals surface area contributed by atoms with Crippen molar-refractivity contribution in [2.45, 2.75) is 51.6 Å². The normalized spacial score (nSPS) is 24.6. The lowest BCUT2D eigenvalue weighted by molar-refractivity contribution is -0.133. The number of hydrogen-bond donors (Lipinski definition) is 2. The van der Waals surface area contributed by atoms with E-state index >= 15 is 0 Å². The largest absolute Gasteiger partial charge is 0.353 e. The van der Waals surface area contributed by atoms with Crippen LogP contribution in [0.1, 0.15) is 45.1 Å². The molecular formula is C20H30BrIN4O. The molecule has 2 aliphatic rings. The molecule has 0 aromatic heterocycles. The Morgan fingerprint density at radius 3 is 2.63 bits per heavy atom. The Hall–Kier alpha value is -0.830. The lowest BCUT2D eigenvalue weighted by atomic mass is 10.1. The number of guanidine groups is 1. The highest BCUT2D eigenvalue weighted by Crippen LogP contribution is 2.41. The molecule has 150 valence electrons. The number of rotatable bonds is 5. The molecule has 0 spiro atoms. The maximum Gasteiger partial charge on any atom is 0.225 e. The highest BCUT2D eigenvalue weighted by molar-refractivity contribution is 14.0. The van der Waals surface area contributed by atoms with Crippen LogP contribution in [0.25, 0.3) is 0 Å². The summed E-state index contributed by atoms with van der Waals surface area (Å²) in [6.07, 6.45) is 2.11. The Morgan fingerprint density at radius 1 is 1.30 bits per heavy atom. The van der Waals surface area contributed by atoms with Crippen LogP contribution in [-0.2, 0) is 4.79 Å². The molecule has 2 fully saturated rings. The summed E-state index contributed by atoms with van der Waals surface area (Å²) >= 11 is 3.49. The topological polar surface area (TPSA) is 56.7 Å². The van der Waals surface area contributed by atoms with Crippen LogP contribution in [0.5, 0.6) is 0 Å². The number of halogens is 2. The predicted octanol–water partition coefficient (Wildman–Crippen LogP) is 3.74. The summed E-state index contributed by atoms with van der Waals surface area (Å²) in [6.45, 7) is 8.31. The molecule has 2 N–H and O–H groups in total. The van der Waals surface area contributed by atoms with Gasteiger partial charge in [-0.25, -0.2) is 0 Å². The van der Waals surface area contributed by atoms with Gasteiger partial charge in [-0.15, -0.1) is 24.0 Å². The fourth-order valence-corrected chi connectivity index (χ4v) is 3.80. The van der Waals surface area contributed by atoms with E-state index in [2.05, 4.69) is 55.8 Å². The molecule has 0 bridgehead atoms. The van der Waals surface area contributed by atoms with E-state index in [0.717, 1.165) is 42.9 Å². The zero-order valence-electron chi connectivity index (χ0n) is 16.2. The average molecular weight is 549 g/mol. The number of aliphatic imine (C=N–C) groups is 1. The molecular weight excluding hydrogens is 519 g/mol. The molecule has 5 nitrogen and oxygen atoms in total. The minimum Gasteiger partial charge on any atom is -0.353 e. The molecule has 1 amide bonds. The number of likely N-dealkylation sites (tertiary alicyclic amines) is 1. The first-order valence-corrected chi connectivity index (χ1v) is 10.4. The van der Waals surface area contributed by atoms with Gasteiger partial charge in [0.15, 0.2) is 5.96 Å². The van der Waals surface area contributed by atoms with Gasteiger partial charge in [-0.1, -0.05) is 41.9 Å². The molecule has 1 saturated carbocycles. The van der Waals surface area contributed by atoms with Crippen molar-refractivity contribution >= 4 is 51.8 Å². The smallest absolute Gasteiger partial charge is 0.225 e. The van der Waals surface area contributed by atoms with Crippen molar-refractivity contribution in [2.24, 2.45) is 10.9 Å². The molecule has 1 saturated heterocycles. The molecule has 1 aromatic carbocycles. The number of nitrogens with zero attached hydrogens (tertiary/aromatic N) is 2. The molecule has 3 unspecified atom stereocenters. The Kier molecular flexibility index (Phi) is 8.39. The fraction of sp³-hybridized carbons (Fsp3) is 0.600. The molecule has 1 aliphatic heterocycles. The summed E-state index contributed by atoms with van der Waals surface area (Å²) in [4.78, 5) is 18.7. The lowest BCUT2D eigenvalue weighted by Crippen LogP contribution is -2.46. The standard InChI is InChI=1S/C20H29BrN4O.HI/c1-4-22-20(23-16-9-10-25(12-16)19(26)13(2)3)24-18-11-17(18)14-5-7-15(21)8-6-14;/h5-8,13,16-18H,4,9-12H2,1-3H3,(H2,22,23,24);1H. The van der Waals surface area contributed by atoms with Crippen molar-refractivity contribution in [1.29, 1.82) is 0 Å². The fourth-order valence-electron chi connectivity index (χ4n) is 3.54.